The van der Waals surface area contributed by atoms with Crippen LogP contribution in [0.2, 0.25) is 0 Å². The fourth-order valence-corrected chi connectivity index (χ4v) is 4.80. The average Bonchev–Trinajstić information content (AvgIpc) is 3.47. The summed E-state index contributed by atoms with van der Waals surface area (Å²) in [5.74, 6) is -0.261. The van der Waals surface area contributed by atoms with E-state index in [-0.39, 0.29) is 18.1 Å². The number of hydrogen-bond donors (Lipinski definition) is 1. The number of aromatic nitrogens is 2. The highest BCUT2D eigenvalue weighted by Crippen LogP contribution is 2.30. The number of Topliss-reactive ketones (excluding diaryl/α,β-unsaturated/α-hetero) is 1. The zero-order valence-corrected chi connectivity index (χ0v) is 18.9. The van der Waals surface area contributed by atoms with Crippen molar-refractivity contribution in [2.24, 2.45) is 0 Å². The number of amides is 1. The van der Waals surface area contributed by atoms with Gasteiger partial charge in [-0.1, -0.05) is 0 Å². The van der Waals surface area contributed by atoms with Crippen molar-refractivity contribution >= 4 is 50.3 Å². The third-order valence-electron chi connectivity index (χ3n) is 4.95. The highest BCUT2D eigenvalue weighted by Gasteiger charge is 2.20. The molecule has 0 aliphatic heterocycles. The summed E-state index contributed by atoms with van der Waals surface area (Å²) in [6, 6.07) is 12.5. The first-order valence-electron chi connectivity index (χ1n) is 9.68. The maximum atomic E-state index is 12.9. The van der Waals surface area contributed by atoms with Gasteiger partial charge in [0.2, 0.25) is 5.91 Å². The second-order valence-electron chi connectivity index (χ2n) is 7.04. The smallest absolute Gasteiger partial charge is 0.231 e. The molecule has 7 nitrogen and oxygen atoms in total. The second kappa shape index (κ2) is 9.26. The van der Waals surface area contributed by atoms with Gasteiger partial charge >= 0.3 is 0 Å². The minimum Gasteiger partial charge on any atom is -0.496 e. The van der Waals surface area contributed by atoms with Crippen LogP contribution in [0.4, 0.5) is 5.69 Å². The monoisotopic (exact) mass is 462 g/mol. The van der Waals surface area contributed by atoms with Gasteiger partial charge < -0.3 is 10.1 Å². The lowest BCUT2D eigenvalue weighted by atomic mass is 9.97. The van der Waals surface area contributed by atoms with Crippen molar-refractivity contribution in [3.63, 3.8) is 0 Å². The quantitative estimate of drug-likeness (QED) is 0.396. The molecule has 0 saturated carbocycles. The standard InChI is InChI=1S/C23H18N4O3S2/c1-13(16-7-14(10-24)3-6-20(16)30-2)23(29)26-15-4-5-17-21(8-15)32-22(27-17)9-19(28)18-11-31-12-25-18/h3-8,11-13H,9H2,1-2H3,(H,26,29). The summed E-state index contributed by atoms with van der Waals surface area (Å²) in [7, 11) is 1.53. The molecule has 1 atom stereocenters. The van der Waals surface area contributed by atoms with Crippen LogP contribution in [0.3, 0.4) is 0 Å². The van der Waals surface area contributed by atoms with Crippen LogP contribution in [0, 0.1) is 11.3 Å². The topological polar surface area (TPSA) is 105 Å². The van der Waals surface area contributed by atoms with Crippen molar-refractivity contribution in [3.05, 3.63) is 69.1 Å². The van der Waals surface area contributed by atoms with Crippen LogP contribution in [0.15, 0.2) is 47.3 Å². The molecule has 1 unspecified atom stereocenters. The van der Waals surface area contributed by atoms with Gasteiger partial charge in [-0.2, -0.15) is 5.26 Å². The normalized spacial score (nSPS) is 11.7. The Morgan fingerprint density at radius 1 is 1.25 bits per heavy atom. The molecule has 1 amide bonds. The Balaban J connectivity index is 1.51. The number of carbonyl (C=O) groups is 2. The molecule has 4 rings (SSSR count). The Kier molecular flexibility index (Phi) is 6.25. The van der Waals surface area contributed by atoms with Gasteiger partial charge in [0.15, 0.2) is 5.78 Å². The van der Waals surface area contributed by atoms with Crippen LogP contribution in [-0.4, -0.2) is 28.8 Å². The number of fused-ring (bicyclic) bond motifs is 1. The Bertz CT molecular complexity index is 1340. The number of benzene rings is 2. The summed E-state index contributed by atoms with van der Waals surface area (Å²) in [4.78, 5) is 33.8. The summed E-state index contributed by atoms with van der Waals surface area (Å²) in [6.07, 6.45) is 0.191. The molecule has 0 spiro atoms. The minimum atomic E-state index is -0.526. The number of rotatable bonds is 7. The molecule has 2 aromatic carbocycles. The number of hydrogen-bond acceptors (Lipinski definition) is 8. The predicted octanol–water partition coefficient (Wildman–Crippen LogP) is 4.80. The van der Waals surface area contributed by atoms with E-state index in [1.165, 1.54) is 29.8 Å². The molecule has 1 N–H and O–H groups in total. The molecule has 0 saturated heterocycles. The first-order valence-corrected chi connectivity index (χ1v) is 11.4. The molecule has 0 aliphatic carbocycles. The van der Waals surface area contributed by atoms with Crippen LogP contribution in [0.5, 0.6) is 5.75 Å². The number of ketones is 1. The van der Waals surface area contributed by atoms with Gasteiger partial charge in [-0.25, -0.2) is 9.97 Å². The molecular weight excluding hydrogens is 444 g/mol. The Hall–Kier alpha value is -3.61. The number of nitriles is 1. The summed E-state index contributed by atoms with van der Waals surface area (Å²) >= 11 is 2.80. The first kappa shape index (κ1) is 21.6. The third-order valence-corrected chi connectivity index (χ3v) is 6.55. The lowest BCUT2D eigenvalue weighted by molar-refractivity contribution is -0.117. The molecule has 32 heavy (non-hydrogen) atoms. The van der Waals surface area contributed by atoms with E-state index >= 15 is 0 Å². The number of nitrogens with one attached hydrogen (secondary N) is 1. The van der Waals surface area contributed by atoms with Crippen molar-refractivity contribution in [2.45, 2.75) is 19.3 Å². The van der Waals surface area contributed by atoms with Crippen LogP contribution >= 0.6 is 22.7 Å². The molecule has 9 heteroatoms. The average molecular weight is 463 g/mol. The van der Waals surface area contributed by atoms with Crippen molar-refractivity contribution in [1.29, 1.82) is 5.26 Å². The van der Waals surface area contributed by atoms with Gasteiger partial charge in [0.1, 0.15) is 16.5 Å². The Morgan fingerprint density at radius 2 is 2.09 bits per heavy atom. The van der Waals surface area contributed by atoms with E-state index in [2.05, 4.69) is 21.4 Å². The van der Waals surface area contributed by atoms with Crippen LogP contribution in [0.25, 0.3) is 10.2 Å². The van der Waals surface area contributed by atoms with E-state index in [0.717, 1.165) is 10.2 Å². The van der Waals surface area contributed by atoms with E-state index in [1.807, 2.05) is 12.1 Å². The number of thiazole rings is 2. The highest BCUT2D eigenvalue weighted by molar-refractivity contribution is 7.18. The second-order valence-corrected chi connectivity index (χ2v) is 8.88. The van der Waals surface area contributed by atoms with E-state index < -0.39 is 5.92 Å². The number of methoxy groups -OCH3 is 1. The van der Waals surface area contributed by atoms with Gasteiger partial charge in [-0.3, -0.25) is 9.59 Å². The zero-order chi connectivity index (χ0) is 22.7. The highest BCUT2D eigenvalue weighted by atomic mass is 32.1. The summed E-state index contributed by atoms with van der Waals surface area (Å²) in [5, 5.41) is 14.5. The summed E-state index contributed by atoms with van der Waals surface area (Å²) < 4.78 is 6.23. The van der Waals surface area contributed by atoms with Crippen LogP contribution in [0.1, 0.15) is 39.5 Å². The zero-order valence-electron chi connectivity index (χ0n) is 17.3. The van der Waals surface area contributed by atoms with E-state index in [1.54, 1.807) is 42.1 Å². The van der Waals surface area contributed by atoms with Gasteiger partial charge in [0.05, 0.1) is 46.8 Å². The maximum absolute atomic E-state index is 12.9. The summed E-state index contributed by atoms with van der Waals surface area (Å²) in [5.41, 5.74) is 4.59. The first-order chi connectivity index (χ1) is 15.5. The molecule has 0 bridgehead atoms. The Morgan fingerprint density at radius 3 is 2.81 bits per heavy atom. The van der Waals surface area contributed by atoms with Crippen molar-refractivity contribution in [1.82, 2.24) is 9.97 Å². The molecule has 2 aromatic heterocycles. The fourth-order valence-electron chi connectivity index (χ4n) is 3.24. The molecule has 160 valence electrons. The van der Waals surface area contributed by atoms with Crippen molar-refractivity contribution < 1.29 is 14.3 Å². The van der Waals surface area contributed by atoms with E-state index in [9.17, 15) is 14.9 Å². The fraction of sp³-hybridized carbons (Fsp3) is 0.174. The van der Waals surface area contributed by atoms with E-state index in [0.29, 0.717) is 33.3 Å². The number of carbonyl (C=O) groups excluding carboxylic acids is 2. The minimum absolute atomic E-state index is 0.0683. The molecule has 4 aromatic rings. The third kappa shape index (κ3) is 4.51. The van der Waals surface area contributed by atoms with Crippen molar-refractivity contribution in [3.8, 4) is 11.8 Å². The number of ether oxygens (including phenoxy) is 1. The Labute approximate surface area is 192 Å². The molecule has 0 fully saturated rings. The van der Waals surface area contributed by atoms with Gasteiger partial charge in [-0.05, 0) is 43.3 Å². The number of anilines is 1. The largest absolute Gasteiger partial charge is 0.496 e. The summed E-state index contributed by atoms with van der Waals surface area (Å²) in [6.45, 7) is 1.77. The molecule has 0 radical (unpaired) electrons. The SMILES string of the molecule is COc1ccc(C#N)cc1C(C)C(=O)Nc1ccc2nc(CC(=O)c3cscn3)sc2c1. The maximum Gasteiger partial charge on any atom is 0.231 e. The van der Waals surface area contributed by atoms with Gasteiger partial charge in [-0.15, -0.1) is 22.7 Å². The van der Waals surface area contributed by atoms with Gasteiger partial charge in [0, 0.05) is 16.6 Å². The van der Waals surface area contributed by atoms with Crippen LogP contribution in [-0.2, 0) is 11.2 Å². The molecular formula is C23H18N4O3S2. The van der Waals surface area contributed by atoms with Crippen LogP contribution < -0.4 is 10.1 Å². The lowest BCUT2D eigenvalue weighted by Crippen LogP contribution is -2.19. The van der Waals surface area contributed by atoms with Crippen molar-refractivity contribution in [2.75, 3.05) is 12.4 Å². The van der Waals surface area contributed by atoms with Gasteiger partial charge in [0.25, 0.3) is 0 Å². The predicted molar refractivity (Wildman–Crippen MR) is 125 cm³/mol. The number of nitrogens with zero attached hydrogens (tertiary/aromatic N) is 3. The molecule has 2 heterocycles. The van der Waals surface area contributed by atoms with E-state index in [4.69, 9.17) is 4.74 Å². The lowest BCUT2D eigenvalue weighted by Gasteiger charge is -2.16. The molecule has 0 aliphatic rings.